The molecule has 7 heteroatoms. The van der Waals surface area contributed by atoms with Gasteiger partial charge in [0, 0.05) is 30.5 Å². The van der Waals surface area contributed by atoms with Crippen LogP contribution in [0.15, 0.2) is 36.0 Å². The van der Waals surface area contributed by atoms with Gasteiger partial charge in [0.2, 0.25) is 0 Å². The highest BCUT2D eigenvalue weighted by molar-refractivity contribution is 7.13. The molecule has 0 aliphatic carbocycles. The van der Waals surface area contributed by atoms with Crippen molar-refractivity contribution < 1.29 is 4.39 Å². The largest absolute Gasteiger partial charge is 0.311 e. The molecule has 0 fully saturated rings. The van der Waals surface area contributed by atoms with E-state index in [9.17, 15) is 4.39 Å². The molecule has 2 N–H and O–H groups in total. The number of rotatable bonds is 6. The number of benzene rings is 1. The van der Waals surface area contributed by atoms with Crippen LogP contribution in [0.4, 0.5) is 4.39 Å². The average Bonchev–Trinajstić information content (AvgIpc) is 3.16. The summed E-state index contributed by atoms with van der Waals surface area (Å²) in [7, 11) is 0. The quantitative estimate of drug-likeness (QED) is 0.686. The molecule has 0 saturated heterocycles. The van der Waals surface area contributed by atoms with Gasteiger partial charge in [-0.2, -0.15) is 5.10 Å². The van der Waals surface area contributed by atoms with Gasteiger partial charge >= 0.3 is 0 Å². The van der Waals surface area contributed by atoms with Gasteiger partial charge in [-0.25, -0.2) is 14.4 Å². The third-order valence-electron chi connectivity index (χ3n) is 2.95. The van der Waals surface area contributed by atoms with Gasteiger partial charge in [0.15, 0.2) is 0 Å². The summed E-state index contributed by atoms with van der Waals surface area (Å²) in [5.41, 5.74) is 1.92. The van der Waals surface area contributed by atoms with Gasteiger partial charge in [-0.1, -0.05) is 0 Å². The highest BCUT2D eigenvalue weighted by atomic mass is 32.1. The van der Waals surface area contributed by atoms with E-state index in [2.05, 4.69) is 25.5 Å². The summed E-state index contributed by atoms with van der Waals surface area (Å²) in [6, 6.07) is 6.39. The molecule has 5 nitrogen and oxygen atoms in total. The Morgan fingerprint density at radius 3 is 2.86 bits per heavy atom. The standard InChI is InChI=1S/C14H14FN5S/c15-11-3-1-10(2-4-11)14-19-12(8-21-14)7-16-6-5-13-17-9-18-20-13/h1-4,8-9,16H,5-7H2,(H,17,18,20). The fourth-order valence-electron chi connectivity index (χ4n) is 1.89. The van der Waals surface area contributed by atoms with Crippen LogP contribution in [0.3, 0.4) is 0 Å². The van der Waals surface area contributed by atoms with Gasteiger partial charge in [-0.05, 0) is 24.3 Å². The van der Waals surface area contributed by atoms with E-state index in [1.807, 2.05) is 5.38 Å². The summed E-state index contributed by atoms with van der Waals surface area (Å²) >= 11 is 1.56. The summed E-state index contributed by atoms with van der Waals surface area (Å²) < 4.78 is 12.9. The minimum absolute atomic E-state index is 0.232. The first-order valence-electron chi connectivity index (χ1n) is 6.56. The number of aromatic amines is 1. The van der Waals surface area contributed by atoms with E-state index >= 15 is 0 Å². The highest BCUT2D eigenvalue weighted by Gasteiger charge is 2.05. The number of hydrogen-bond donors (Lipinski definition) is 2. The van der Waals surface area contributed by atoms with Crippen molar-refractivity contribution in [2.75, 3.05) is 6.54 Å². The third-order valence-corrected chi connectivity index (χ3v) is 3.89. The van der Waals surface area contributed by atoms with Crippen LogP contribution in [-0.2, 0) is 13.0 Å². The lowest BCUT2D eigenvalue weighted by atomic mass is 10.2. The van der Waals surface area contributed by atoms with Crippen molar-refractivity contribution >= 4 is 11.3 Å². The molecule has 108 valence electrons. The molecule has 2 heterocycles. The van der Waals surface area contributed by atoms with E-state index in [4.69, 9.17) is 0 Å². The van der Waals surface area contributed by atoms with Crippen LogP contribution in [0.25, 0.3) is 10.6 Å². The Labute approximate surface area is 125 Å². The van der Waals surface area contributed by atoms with Crippen molar-refractivity contribution in [1.82, 2.24) is 25.5 Å². The lowest BCUT2D eigenvalue weighted by Gasteiger charge is -2.00. The normalized spacial score (nSPS) is 10.9. The van der Waals surface area contributed by atoms with Crippen molar-refractivity contribution in [2.45, 2.75) is 13.0 Å². The summed E-state index contributed by atoms with van der Waals surface area (Å²) in [5.74, 6) is 0.636. The molecule has 1 aromatic carbocycles. The zero-order valence-corrected chi connectivity index (χ0v) is 12.0. The minimum atomic E-state index is -0.232. The molecule has 0 radical (unpaired) electrons. The number of aromatic nitrogens is 4. The monoisotopic (exact) mass is 303 g/mol. The number of nitrogens with one attached hydrogen (secondary N) is 2. The molecular weight excluding hydrogens is 289 g/mol. The lowest BCUT2D eigenvalue weighted by molar-refractivity contribution is 0.628. The van der Waals surface area contributed by atoms with E-state index in [0.717, 1.165) is 35.1 Å². The molecule has 0 saturated carbocycles. The molecule has 0 amide bonds. The Hall–Kier alpha value is -2.12. The van der Waals surface area contributed by atoms with Crippen molar-refractivity contribution in [1.29, 1.82) is 0 Å². The van der Waals surface area contributed by atoms with E-state index in [-0.39, 0.29) is 5.82 Å². The van der Waals surface area contributed by atoms with Gasteiger partial charge in [-0.15, -0.1) is 11.3 Å². The Balaban J connectivity index is 1.52. The van der Waals surface area contributed by atoms with E-state index < -0.39 is 0 Å². The molecular formula is C14H14FN5S. The average molecular weight is 303 g/mol. The van der Waals surface area contributed by atoms with Gasteiger partial charge < -0.3 is 5.32 Å². The first-order valence-corrected chi connectivity index (χ1v) is 7.44. The summed E-state index contributed by atoms with van der Waals surface area (Å²) in [4.78, 5) is 8.60. The predicted molar refractivity (Wildman–Crippen MR) is 79.3 cm³/mol. The van der Waals surface area contributed by atoms with E-state index in [1.165, 1.54) is 18.5 Å². The minimum Gasteiger partial charge on any atom is -0.311 e. The SMILES string of the molecule is Fc1ccc(-c2nc(CNCCc3ncn[nH]3)cs2)cc1. The maximum Gasteiger partial charge on any atom is 0.137 e. The van der Waals surface area contributed by atoms with E-state index in [0.29, 0.717) is 6.54 Å². The molecule has 3 rings (SSSR count). The first-order chi connectivity index (χ1) is 10.3. The zero-order valence-electron chi connectivity index (χ0n) is 11.2. The van der Waals surface area contributed by atoms with Crippen LogP contribution < -0.4 is 5.32 Å². The molecule has 21 heavy (non-hydrogen) atoms. The van der Waals surface area contributed by atoms with Gasteiger partial charge in [0.1, 0.15) is 23.0 Å². The number of H-pyrrole nitrogens is 1. The molecule has 2 aromatic heterocycles. The van der Waals surface area contributed by atoms with Crippen LogP contribution in [0.5, 0.6) is 0 Å². The number of hydrogen-bond acceptors (Lipinski definition) is 5. The maximum atomic E-state index is 12.9. The second-order valence-corrected chi connectivity index (χ2v) is 5.37. The van der Waals surface area contributed by atoms with Gasteiger partial charge in [0.25, 0.3) is 0 Å². The Morgan fingerprint density at radius 2 is 2.10 bits per heavy atom. The number of thiazole rings is 1. The number of nitrogens with zero attached hydrogens (tertiary/aromatic N) is 3. The fraction of sp³-hybridized carbons (Fsp3) is 0.214. The Bertz CT molecular complexity index is 678. The Kier molecular flexibility index (Phi) is 4.32. The zero-order chi connectivity index (χ0) is 14.5. The second-order valence-electron chi connectivity index (χ2n) is 4.51. The third kappa shape index (κ3) is 3.71. The second kappa shape index (κ2) is 6.55. The summed E-state index contributed by atoms with van der Waals surface area (Å²) in [5, 5.41) is 12.9. The van der Waals surface area contributed by atoms with Crippen LogP contribution in [0, 0.1) is 5.82 Å². The van der Waals surface area contributed by atoms with Crippen LogP contribution in [-0.4, -0.2) is 26.7 Å². The molecule has 0 atom stereocenters. The number of halogens is 1. The fourth-order valence-corrected chi connectivity index (χ4v) is 2.71. The Morgan fingerprint density at radius 1 is 1.24 bits per heavy atom. The predicted octanol–water partition coefficient (Wildman–Crippen LogP) is 2.40. The van der Waals surface area contributed by atoms with E-state index in [1.54, 1.807) is 23.5 Å². The molecule has 0 bridgehead atoms. The van der Waals surface area contributed by atoms with Crippen molar-refractivity contribution in [3.8, 4) is 10.6 Å². The lowest BCUT2D eigenvalue weighted by Crippen LogP contribution is -2.17. The summed E-state index contributed by atoms with van der Waals surface area (Å²) in [6.07, 6.45) is 2.31. The first kappa shape index (κ1) is 13.8. The molecule has 0 unspecified atom stereocenters. The van der Waals surface area contributed by atoms with Gasteiger partial charge in [0.05, 0.1) is 5.69 Å². The summed E-state index contributed by atoms with van der Waals surface area (Å²) in [6.45, 7) is 1.50. The molecule has 0 aliphatic rings. The highest BCUT2D eigenvalue weighted by Crippen LogP contribution is 2.23. The topological polar surface area (TPSA) is 66.5 Å². The van der Waals surface area contributed by atoms with Crippen molar-refractivity contribution in [3.63, 3.8) is 0 Å². The van der Waals surface area contributed by atoms with Crippen LogP contribution >= 0.6 is 11.3 Å². The molecule has 3 aromatic rings. The van der Waals surface area contributed by atoms with Crippen LogP contribution in [0.2, 0.25) is 0 Å². The smallest absolute Gasteiger partial charge is 0.137 e. The maximum absolute atomic E-state index is 12.9. The van der Waals surface area contributed by atoms with Crippen LogP contribution in [0.1, 0.15) is 11.5 Å². The molecule has 0 aliphatic heterocycles. The molecule has 0 spiro atoms. The van der Waals surface area contributed by atoms with Gasteiger partial charge in [-0.3, -0.25) is 5.10 Å². The van der Waals surface area contributed by atoms with Crippen molar-refractivity contribution in [2.24, 2.45) is 0 Å². The van der Waals surface area contributed by atoms with Crippen molar-refractivity contribution in [3.05, 3.63) is 53.3 Å².